The summed E-state index contributed by atoms with van der Waals surface area (Å²) < 4.78 is 5.36. The van der Waals surface area contributed by atoms with Crippen LogP contribution in [0, 0.1) is 5.92 Å². The average molecular weight is 354 g/mol. The number of nitrogens with zero attached hydrogens (tertiary/aromatic N) is 3. The Morgan fingerprint density at radius 3 is 2.46 bits per heavy atom. The van der Waals surface area contributed by atoms with Crippen molar-refractivity contribution in [2.45, 2.75) is 20.3 Å². The number of amides is 1. The third-order valence-electron chi connectivity index (χ3n) is 4.44. The third kappa shape index (κ3) is 4.79. The molecule has 1 fully saturated rings. The number of benzene rings is 1. The first-order chi connectivity index (χ1) is 12.6. The second-order valence-corrected chi connectivity index (χ2v) is 6.89. The number of carbonyl (C=O) groups is 1. The fraction of sp³-hybridized carbons (Fsp3) is 0.450. The standard InChI is InChI=1S/C20H26N4O2/c1-15(2)9-10-21-20(25)17-5-3-16(4-6-17)18-7-8-19(23-22-18)24-11-13-26-14-12-24/h3-8,15H,9-14H2,1-2H3,(H,21,25). The normalized spacial score (nSPS) is 14.5. The Bertz CT molecular complexity index is 708. The minimum atomic E-state index is -0.0362. The summed E-state index contributed by atoms with van der Waals surface area (Å²) in [4.78, 5) is 14.3. The number of carbonyl (C=O) groups excluding carboxylic acids is 1. The summed E-state index contributed by atoms with van der Waals surface area (Å²) in [5, 5.41) is 11.6. The van der Waals surface area contributed by atoms with E-state index in [9.17, 15) is 4.79 Å². The minimum absolute atomic E-state index is 0.0362. The van der Waals surface area contributed by atoms with Crippen LogP contribution in [0.5, 0.6) is 0 Å². The maximum absolute atomic E-state index is 12.1. The van der Waals surface area contributed by atoms with Crippen LogP contribution in [0.2, 0.25) is 0 Å². The van der Waals surface area contributed by atoms with Gasteiger partial charge in [-0.05, 0) is 36.6 Å². The van der Waals surface area contributed by atoms with Gasteiger partial charge in [0, 0.05) is 30.8 Å². The molecule has 6 nitrogen and oxygen atoms in total. The largest absolute Gasteiger partial charge is 0.378 e. The van der Waals surface area contributed by atoms with E-state index in [0.29, 0.717) is 18.0 Å². The first-order valence-electron chi connectivity index (χ1n) is 9.18. The number of morpholine rings is 1. The second-order valence-electron chi connectivity index (χ2n) is 6.89. The van der Waals surface area contributed by atoms with Crippen LogP contribution in [-0.4, -0.2) is 49.0 Å². The lowest BCUT2D eigenvalue weighted by atomic mass is 10.1. The molecule has 2 aromatic rings. The molecule has 0 saturated carbocycles. The molecule has 0 bridgehead atoms. The molecule has 0 aliphatic carbocycles. The van der Waals surface area contributed by atoms with E-state index in [1.807, 2.05) is 36.4 Å². The third-order valence-corrected chi connectivity index (χ3v) is 4.44. The highest BCUT2D eigenvalue weighted by atomic mass is 16.5. The summed E-state index contributed by atoms with van der Waals surface area (Å²) in [6.07, 6.45) is 0.981. The Hall–Kier alpha value is -2.47. The van der Waals surface area contributed by atoms with Gasteiger partial charge in [0.05, 0.1) is 18.9 Å². The molecule has 0 spiro atoms. The number of anilines is 1. The maximum atomic E-state index is 12.1. The molecule has 1 aromatic heterocycles. The fourth-order valence-corrected chi connectivity index (χ4v) is 2.81. The number of nitrogens with one attached hydrogen (secondary N) is 1. The quantitative estimate of drug-likeness (QED) is 0.864. The first kappa shape index (κ1) is 18.3. The Morgan fingerprint density at radius 1 is 1.12 bits per heavy atom. The van der Waals surface area contributed by atoms with Gasteiger partial charge in [-0.2, -0.15) is 0 Å². The molecule has 1 aliphatic heterocycles. The molecule has 0 unspecified atom stereocenters. The zero-order valence-corrected chi connectivity index (χ0v) is 15.4. The van der Waals surface area contributed by atoms with Crippen LogP contribution in [0.4, 0.5) is 5.82 Å². The Morgan fingerprint density at radius 2 is 1.85 bits per heavy atom. The van der Waals surface area contributed by atoms with Gasteiger partial charge in [0.2, 0.25) is 0 Å². The van der Waals surface area contributed by atoms with Crippen molar-refractivity contribution in [3.05, 3.63) is 42.0 Å². The summed E-state index contributed by atoms with van der Waals surface area (Å²) in [7, 11) is 0. The van der Waals surface area contributed by atoms with E-state index < -0.39 is 0 Å². The van der Waals surface area contributed by atoms with Crippen molar-refractivity contribution in [2.24, 2.45) is 5.92 Å². The van der Waals surface area contributed by atoms with Crippen molar-refractivity contribution in [1.82, 2.24) is 15.5 Å². The molecular weight excluding hydrogens is 328 g/mol. The van der Waals surface area contributed by atoms with Gasteiger partial charge in [-0.15, -0.1) is 10.2 Å². The van der Waals surface area contributed by atoms with E-state index in [-0.39, 0.29) is 5.91 Å². The monoisotopic (exact) mass is 354 g/mol. The molecule has 1 aromatic carbocycles. The first-order valence-corrected chi connectivity index (χ1v) is 9.18. The van der Waals surface area contributed by atoms with Crippen LogP contribution in [0.15, 0.2) is 36.4 Å². The molecule has 1 aliphatic rings. The number of hydrogen-bond donors (Lipinski definition) is 1. The van der Waals surface area contributed by atoms with Gasteiger partial charge >= 0.3 is 0 Å². The van der Waals surface area contributed by atoms with Gasteiger partial charge in [-0.25, -0.2) is 0 Å². The van der Waals surface area contributed by atoms with Crippen LogP contribution in [0.25, 0.3) is 11.3 Å². The second kappa shape index (κ2) is 8.76. The smallest absolute Gasteiger partial charge is 0.251 e. The van der Waals surface area contributed by atoms with E-state index in [1.54, 1.807) is 0 Å². The lowest BCUT2D eigenvalue weighted by Gasteiger charge is -2.27. The van der Waals surface area contributed by atoms with Gasteiger partial charge < -0.3 is 15.0 Å². The average Bonchev–Trinajstić information content (AvgIpc) is 2.68. The highest BCUT2D eigenvalue weighted by molar-refractivity contribution is 5.94. The molecule has 3 rings (SSSR count). The predicted octanol–water partition coefficient (Wildman–Crippen LogP) is 2.76. The summed E-state index contributed by atoms with van der Waals surface area (Å²) >= 11 is 0. The van der Waals surface area contributed by atoms with Crippen LogP contribution in [0.3, 0.4) is 0 Å². The molecule has 1 N–H and O–H groups in total. The summed E-state index contributed by atoms with van der Waals surface area (Å²) in [5.74, 6) is 1.42. The zero-order valence-electron chi connectivity index (χ0n) is 15.4. The van der Waals surface area contributed by atoms with E-state index in [1.165, 1.54) is 0 Å². The zero-order chi connectivity index (χ0) is 18.4. The molecule has 2 heterocycles. The SMILES string of the molecule is CC(C)CCNC(=O)c1ccc(-c2ccc(N3CCOCC3)nn2)cc1. The number of ether oxygens (including phenoxy) is 1. The summed E-state index contributed by atoms with van der Waals surface area (Å²) in [5.41, 5.74) is 2.41. The van der Waals surface area contributed by atoms with E-state index in [4.69, 9.17) is 4.74 Å². The number of hydrogen-bond acceptors (Lipinski definition) is 5. The summed E-state index contributed by atoms with van der Waals surface area (Å²) in [6.45, 7) is 8.13. The highest BCUT2D eigenvalue weighted by Crippen LogP contribution is 2.19. The van der Waals surface area contributed by atoms with Gasteiger partial charge in [-0.3, -0.25) is 4.79 Å². The van der Waals surface area contributed by atoms with Crippen LogP contribution >= 0.6 is 0 Å². The van der Waals surface area contributed by atoms with Gasteiger partial charge in [0.15, 0.2) is 5.82 Å². The van der Waals surface area contributed by atoms with Crippen molar-refractivity contribution in [1.29, 1.82) is 0 Å². The van der Waals surface area contributed by atoms with Crippen molar-refractivity contribution in [2.75, 3.05) is 37.7 Å². The van der Waals surface area contributed by atoms with Crippen molar-refractivity contribution < 1.29 is 9.53 Å². The lowest BCUT2D eigenvalue weighted by Crippen LogP contribution is -2.36. The minimum Gasteiger partial charge on any atom is -0.378 e. The number of rotatable bonds is 6. The fourth-order valence-electron chi connectivity index (χ4n) is 2.81. The summed E-state index contributed by atoms with van der Waals surface area (Å²) in [6, 6.07) is 11.4. The molecule has 0 radical (unpaired) electrons. The molecule has 1 saturated heterocycles. The molecule has 138 valence electrons. The molecule has 26 heavy (non-hydrogen) atoms. The molecule has 0 atom stereocenters. The Balaban J connectivity index is 1.61. The van der Waals surface area contributed by atoms with Crippen molar-refractivity contribution in [3.63, 3.8) is 0 Å². The topological polar surface area (TPSA) is 67.4 Å². The van der Waals surface area contributed by atoms with Crippen molar-refractivity contribution >= 4 is 11.7 Å². The molecule has 1 amide bonds. The predicted molar refractivity (Wildman–Crippen MR) is 102 cm³/mol. The van der Waals surface area contributed by atoms with Crippen LogP contribution in [-0.2, 0) is 4.74 Å². The number of aromatic nitrogens is 2. The van der Waals surface area contributed by atoms with Gasteiger partial charge in [-0.1, -0.05) is 26.0 Å². The highest BCUT2D eigenvalue weighted by Gasteiger charge is 2.13. The Kier molecular flexibility index (Phi) is 6.17. The maximum Gasteiger partial charge on any atom is 0.251 e. The van der Waals surface area contributed by atoms with Crippen LogP contribution in [0.1, 0.15) is 30.6 Å². The van der Waals surface area contributed by atoms with Crippen LogP contribution < -0.4 is 10.2 Å². The molecular formula is C20H26N4O2. The molecule has 6 heteroatoms. The van der Waals surface area contributed by atoms with E-state index >= 15 is 0 Å². The van der Waals surface area contributed by atoms with Gasteiger partial charge in [0.1, 0.15) is 0 Å². The van der Waals surface area contributed by atoms with Gasteiger partial charge in [0.25, 0.3) is 5.91 Å². The van der Waals surface area contributed by atoms with E-state index in [2.05, 4.69) is 34.3 Å². The Labute approximate surface area is 154 Å². The lowest BCUT2D eigenvalue weighted by molar-refractivity contribution is 0.0952. The van der Waals surface area contributed by atoms with E-state index in [0.717, 1.165) is 49.8 Å². The van der Waals surface area contributed by atoms with Crippen molar-refractivity contribution in [3.8, 4) is 11.3 Å².